The molecule has 0 heterocycles. The molecular formula is C15H13NO2. The van der Waals surface area contributed by atoms with Crippen LogP contribution in [-0.4, -0.2) is 18.5 Å². The molecule has 0 fully saturated rings. The number of nitriles is 1. The minimum atomic E-state index is -1.02. The van der Waals surface area contributed by atoms with Crippen LogP contribution in [-0.2, 0) is 4.74 Å². The van der Waals surface area contributed by atoms with Gasteiger partial charge in [0.05, 0.1) is 0 Å². The zero-order valence-electron chi connectivity index (χ0n) is 10.1. The number of carbonyl (C=O) groups excluding carboxylic acids is 1. The largest absolute Gasteiger partial charge is 0.359 e. The quantitative estimate of drug-likeness (QED) is 0.762. The molecular weight excluding hydrogens is 226 g/mol. The first-order valence-corrected chi connectivity index (χ1v) is 5.65. The number of carbonyl (C=O) groups is 1. The molecule has 1 aromatic carbocycles. The summed E-state index contributed by atoms with van der Waals surface area (Å²) in [5.41, 5.74) is 0.197. The van der Waals surface area contributed by atoms with Crippen LogP contribution in [0.5, 0.6) is 0 Å². The Labute approximate surface area is 106 Å². The van der Waals surface area contributed by atoms with Crippen molar-refractivity contribution >= 4 is 5.78 Å². The molecule has 0 radical (unpaired) electrons. The van der Waals surface area contributed by atoms with Gasteiger partial charge in [-0.05, 0) is 6.08 Å². The second kappa shape index (κ2) is 4.99. The summed E-state index contributed by atoms with van der Waals surface area (Å²) in [5.74, 6) is -0.0587. The van der Waals surface area contributed by atoms with Crippen molar-refractivity contribution in [2.45, 2.75) is 12.0 Å². The van der Waals surface area contributed by atoms with E-state index in [0.717, 1.165) is 0 Å². The molecule has 0 spiro atoms. The number of ether oxygens (including phenoxy) is 1. The number of hydrogen-bond donors (Lipinski definition) is 0. The Kier molecular flexibility index (Phi) is 3.40. The Morgan fingerprint density at radius 2 is 2.11 bits per heavy atom. The van der Waals surface area contributed by atoms with Crippen LogP contribution < -0.4 is 0 Å². The van der Waals surface area contributed by atoms with Crippen molar-refractivity contribution in [1.82, 2.24) is 0 Å². The highest BCUT2D eigenvalue weighted by Gasteiger charge is 2.32. The molecule has 1 aliphatic rings. The highest BCUT2D eigenvalue weighted by molar-refractivity contribution is 6.09. The average molecular weight is 239 g/mol. The molecule has 0 saturated heterocycles. The molecule has 1 aromatic rings. The second-order valence-electron chi connectivity index (χ2n) is 4.13. The molecule has 18 heavy (non-hydrogen) atoms. The first-order valence-electron chi connectivity index (χ1n) is 5.65. The lowest BCUT2D eigenvalue weighted by Crippen LogP contribution is -2.30. The molecule has 1 unspecified atom stereocenters. The number of rotatable bonds is 3. The van der Waals surface area contributed by atoms with Crippen LogP contribution in [0.2, 0.25) is 0 Å². The minimum Gasteiger partial charge on any atom is -0.359 e. The molecule has 0 amide bonds. The molecule has 0 saturated carbocycles. The Balaban J connectivity index is 2.27. The van der Waals surface area contributed by atoms with Gasteiger partial charge in [0, 0.05) is 24.7 Å². The summed E-state index contributed by atoms with van der Waals surface area (Å²) in [4.78, 5) is 12.3. The first kappa shape index (κ1) is 12.3. The minimum absolute atomic E-state index is 0.0587. The Bertz CT molecular complexity index is 552. The van der Waals surface area contributed by atoms with Gasteiger partial charge in [-0.15, -0.1) is 0 Å². The van der Waals surface area contributed by atoms with Crippen molar-refractivity contribution in [2.24, 2.45) is 0 Å². The van der Waals surface area contributed by atoms with Gasteiger partial charge in [0.2, 0.25) is 0 Å². The highest BCUT2D eigenvalue weighted by atomic mass is 16.5. The van der Waals surface area contributed by atoms with Gasteiger partial charge in [-0.3, -0.25) is 4.79 Å². The van der Waals surface area contributed by atoms with Crippen molar-refractivity contribution in [2.75, 3.05) is 7.11 Å². The third-order valence-corrected chi connectivity index (χ3v) is 3.00. The lowest BCUT2D eigenvalue weighted by molar-refractivity contribution is 0.0759. The van der Waals surface area contributed by atoms with Crippen molar-refractivity contribution in [1.29, 1.82) is 5.26 Å². The summed E-state index contributed by atoms with van der Waals surface area (Å²) < 4.78 is 5.20. The molecule has 1 atom stereocenters. The van der Waals surface area contributed by atoms with Gasteiger partial charge >= 0.3 is 0 Å². The van der Waals surface area contributed by atoms with E-state index in [4.69, 9.17) is 10.00 Å². The van der Waals surface area contributed by atoms with Crippen molar-refractivity contribution < 1.29 is 9.53 Å². The van der Waals surface area contributed by atoms with Gasteiger partial charge in [0.1, 0.15) is 6.07 Å². The zero-order chi connectivity index (χ0) is 13.0. The number of benzene rings is 1. The van der Waals surface area contributed by atoms with E-state index in [0.29, 0.717) is 11.1 Å². The number of ketones is 1. The van der Waals surface area contributed by atoms with Crippen LogP contribution in [0.4, 0.5) is 0 Å². The van der Waals surface area contributed by atoms with E-state index >= 15 is 0 Å². The summed E-state index contributed by atoms with van der Waals surface area (Å²) in [7, 11) is 1.48. The third-order valence-electron chi connectivity index (χ3n) is 3.00. The lowest BCUT2D eigenvalue weighted by atomic mass is 9.87. The predicted octanol–water partition coefficient (Wildman–Crippen LogP) is 2.66. The Hall–Kier alpha value is -2.18. The molecule has 0 N–H and O–H groups in total. The Morgan fingerprint density at radius 1 is 1.39 bits per heavy atom. The SMILES string of the molecule is COC1(C#N)C=CC=C(C(=O)c2ccccc2)C1. The van der Waals surface area contributed by atoms with E-state index in [-0.39, 0.29) is 12.2 Å². The average Bonchev–Trinajstić information content (AvgIpc) is 2.47. The van der Waals surface area contributed by atoms with Crippen molar-refractivity contribution in [3.05, 3.63) is 59.7 Å². The zero-order valence-corrected chi connectivity index (χ0v) is 10.1. The van der Waals surface area contributed by atoms with Crippen LogP contribution in [0.25, 0.3) is 0 Å². The highest BCUT2D eigenvalue weighted by Crippen LogP contribution is 2.27. The summed E-state index contributed by atoms with van der Waals surface area (Å²) in [6.45, 7) is 0. The normalized spacial score (nSPS) is 22.1. The predicted molar refractivity (Wildman–Crippen MR) is 68.0 cm³/mol. The smallest absolute Gasteiger partial charge is 0.189 e. The van der Waals surface area contributed by atoms with E-state index in [1.54, 1.807) is 30.4 Å². The summed E-state index contributed by atoms with van der Waals surface area (Å²) >= 11 is 0. The lowest BCUT2D eigenvalue weighted by Gasteiger charge is -2.24. The molecule has 3 heteroatoms. The molecule has 0 aromatic heterocycles. The maximum Gasteiger partial charge on any atom is 0.189 e. The molecule has 2 rings (SSSR count). The van der Waals surface area contributed by atoms with Crippen molar-refractivity contribution in [3.63, 3.8) is 0 Å². The van der Waals surface area contributed by atoms with Crippen LogP contribution in [0.3, 0.4) is 0 Å². The van der Waals surface area contributed by atoms with E-state index in [9.17, 15) is 4.79 Å². The molecule has 0 aliphatic heterocycles. The molecule has 0 bridgehead atoms. The molecule has 90 valence electrons. The fourth-order valence-electron chi connectivity index (χ4n) is 1.91. The third kappa shape index (κ3) is 2.24. The van der Waals surface area contributed by atoms with Gasteiger partial charge in [-0.1, -0.05) is 42.5 Å². The van der Waals surface area contributed by atoms with E-state index in [2.05, 4.69) is 6.07 Å². The maximum absolute atomic E-state index is 12.3. The maximum atomic E-state index is 12.3. The van der Waals surface area contributed by atoms with Gasteiger partial charge in [-0.25, -0.2) is 0 Å². The number of allylic oxidation sites excluding steroid dienone is 2. The van der Waals surface area contributed by atoms with Crippen LogP contribution in [0, 0.1) is 11.3 Å². The van der Waals surface area contributed by atoms with E-state index in [1.807, 2.05) is 18.2 Å². The van der Waals surface area contributed by atoms with Crippen LogP contribution in [0.15, 0.2) is 54.1 Å². The van der Waals surface area contributed by atoms with Crippen LogP contribution >= 0.6 is 0 Å². The fourth-order valence-corrected chi connectivity index (χ4v) is 1.91. The number of methoxy groups -OCH3 is 1. The van der Waals surface area contributed by atoms with Gasteiger partial charge < -0.3 is 4.74 Å². The number of hydrogen-bond acceptors (Lipinski definition) is 3. The fraction of sp³-hybridized carbons (Fsp3) is 0.200. The summed E-state index contributed by atoms with van der Waals surface area (Å²) in [6, 6.07) is 11.1. The second-order valence-corrected chi connectivity index (χ2v) is 4.13. The molecule has 3 nitrogen and oxygen atoms in total. The van der Waals surface area contributed by atoms with Gasteiger partial charge in [0.15, 0.2) is 11.4 Å². The van der Waals surface area contributed by atoms with Gasteiger partial charge in [-0.2, -0.15) is 5.26 Å². The summed E-state index contributed by atoms with van der Waals surface area (Å²) in [6.07, 6.45) is 5.40. The van der Waals surface area contributed by atoms with Gasteiger partial charge in [0.25, 0.3) is 0 Å². The number of Topliss-reactive ketones (excluding diaryl/α,β-unsaturated/α-hetero) is 1. The first-order chi connectivity index (χ1) is 8.71. The van der Waals surface area contributed by atoms with E-state index in [1.165, 1.54) is 7.11 Å². The monoisotopic (exact) mass is 239 g/mol. The van der Waals surface area contributed by atoms with Crippen molar-refractivity contribution in [3.8, 4) is 6.07 Å². The van der Waals surface area contributed by atoms with Crippen LogP contribution in [0.1, 0.15) is 16.8 Å². The van der Waals surface area contributed by atoms with E-state index < -0.39 is 5.60 Å². The topological polar surface area (TPSA) is 50.1 Å². The summed E-state index contributed by atoms with van der Waals surface area (Å²) in [5, 5.41) is 9.15. The Morgan fingerprint density at radius 3 is 2.72 bits per heavy atom. The standard InChI is InChI=1S/C15H13NO2/c1-18-15(11-16)9-5-8-13(10-15)14(17)12-6-3-2-4-7-12/h2-9H,10H2,1H3. The number of nitrogens with zero attached hydrogens (tertiary/aromatic N) is 1. The molecule has 1 aliphatic carbocycles.